The Labute approximate surface area is 175 Å². The van der Waals surface area contributed by atoms with Crippen molar-refractivity contribution in [3.63, 3.8) is 0 Å². The van der Waals surface area contributed by atoms with Gasteiger partial charge in [-0.25, -0.2) is 0 Å². The van der Waals surface area contributed by atoms with Crippen molar-refractivity contribution < 1.29 is 17.3 Å². The summed E-state index contributed by atoms with van der Waals surface area (Å²) in [6, 6.07) is 18.5. The fraction of sp³-hybridized carbons (Fsp3) is 0.136. The summed E-state index contributed by atoms with van der Waals surface area (Å²) in [6.07, 6.45) is 1.69. The quantitative estimate of drug-likeness (QED) is 0.364. The molecule has 0 unspecified atom stereocenters. The average molecular weight is 430 g/mol. The van der Waals surface area contributed by atoms with Crippen LogP contribution in [0.15, 0.2) is 76.6 Å². The third-order valence-corrected chi connectivity index (χ3v) is 5.47. The van der Waals surface area contributed by atoms with Gasteiger partial charge in [0.05, 0.1) is 12.3 Å². The van der Waals surface area contributed by atoms with Gasteiger partial charge >= 0.3 is 10.1 Å². The zero-order valence-corrected chi connectivity index (χ0v) is 17.6. The minimum atomic E-state index is -4.02. The summed E-state index contributed by atoms with van der Waals surface area (Å²) in [6.45, 7) is 4.18. The number of ether oxygens (including phenoxy) is 1. The molecule has 7 heteroatoms. The number of aliphatic imine (C=N–C) groups is 1. The zero-order chi connectivity index (χ0) is 20.9. The first-order valence-electron chi connectivity index (χ1n) is 8.95. The van der Waals surface area contributed by atoms with Crippen LogP contribution in [0.1, 0.15) is 18.1 Å². The molecule has 0 saturated heterocycles. The van der Waals surface area contributed by atoms with E-state index in [1.807, 2.05) is 38.1 Å². The van der Waals surface area contributed by atoms with E-state index in [1.165, 1.54) is 24.3 Å². The Balaban J connectivity index is 1.85. The number of rotatable bonds is 7. The normalized spacial score (nSPS) is 11.6. The molecule has 0 N–H and O–H groups in total. The SMILES string of the molecule is CCOc1cc(C=Nc2ccc(C)cc2)ccc1OS(=O)(=O)c1ccc(Cl)cc1. The van der Waals surface area contributed by atoms with Crippen LogP contribution in [-0.4, -0.2) is 21.2 Å². The summed E-state index contributed by atoms with van der Waals surface area (Å²) < 4.78 is 36.0. The predicted molar refractivity (Wildman–Crippen MR) is 115 cm³/mol. The lowest BCUT2D eigenvalue weighted by molar-refractivity contribution is 0.327. The largest absolute Gasteiger partial charge is 0.490 e. The Morgan fingerprint density at radius 3 is 2.31 bits per heavy atom. The molecule has 0 radical (unpaired) electrons. The molecule has 0 aromatic heterocycles. The molecule has 0 heterocycles. The molecule has 3 aromatic carbocycles. The van der Waals surface area contributed by atoms with E-state index in [0.29, 0.717) is 17.4 Å². The maximum atomic E-state index is 12.5. The molecule has 0 atom stereocenters. The highest BCUT2D eigenvalue weighted by Crippen LogP contribution is 2.31. The molecule has 3 rings (SSSR count). The molecular weight excluding hydrogens is 410 g/mol. The first-order valence-corrected chi connectivity index (χ1v) is 10.7. The molecular formula is C22H20ClNO4S. The minimum absolute atomic E-state index is 0.00867. The lowest BCUT2D eigenvalue weighted by Crippen LogP contribution is -2.11. The van der Waals surface area contributed by atoms with Crippen LogP contribution in [0.3, 0.4) is 0 Å². The standard InChI is InChI=1S/C22H20ClNO4S/c1-3-27-22-14-17(15-24-19-9-4-16(2)5-10-19)6-13-21(22)28-29(25,26)20-11-7-18(23)8-12-20/h4-15H,3H2,1-2H3. The third-order valence-electron chi connectivity index (χ3n) is 3.97. The molecule has 0 amide bonds. The minimum Gasteiger partial charge on any atom is -0.490 e. The summed E-state index contributed by atoms with van der Waals surface area (Å²) in [5, 5.41) is 0.441. The fourth-order valence-corrected chi connectivity index (χ4v) is 3.56. The summed E-state index contributed by atoms with van der Waals surface area (Å²) in [7, 11) is -4.02. The lowest BCUT2D eigenvalue weighted by Gasteiger charge is -2.12. The topological polar surface area (TPSA) is 65.0 Å². The van der Waals surface area contributed by atoms with Gasteiger partial charge in [0.25, 0.3) is 0 Å². The van der Waals surface area contributed by atoms with Crippen molar-refractivity contribution in [3.05, 3.63) is 82.9 Å². The van der Waals surface area contributed by atoms with Gasteiger partial charge in [-0.2, -0.15) is 8.42 Å². The van der Waals surface area contributed by atoms with Crippen LogP contribution in [0.5, 0.6) is 11.5 Å². The van der Waals surface area contributed by atoms with E-state index in [4.69, 9.17) is 20.5 Å². The molecule has 0 aliphatic rings. The van der Waals surface area contributed by atoms with E-state index < -0.39 is 10.1 Å². The Morgan fingerprint density at radius 1 is 0.966 bits per heavy atom. The van der Waals surface area contributed by atoms with Crippen LogP contribution in [0.25, 0.3) is 0 Å². The van der Waals surface area contributed by atoms with E-state index in [1.54, 1.807) is 24.4 Å². The summed E-state index contributed by atoms with van der Waals surface area (Å²) >= 11 is 5.82. The molecule has 3 aromatic rings. The number of aryl methyl sites for hydroxylation is 1. The van der Waals surface area contributed by atoms with Crippen LogP contribution in [-0.2, 0) is 10.1 Å². The molecule has 0 aliphatic carbocycles. The number of benzene rings is 3. The Morgan fingerprint density at radius 2 is 1.66 bits per heavy atom. The van der Waals surface area contributed by atoms with E-state index in [0.717, 1.165) is 16.8 Å². The highest BCUT2D eigenvalue weighted by molar-refractivity contribution is 7.87. The van der Waals surface area contributed by atoms with Gasteiger partial charge in [0.15, 0.2) is 11.5 Å². The Bertz CT molecular complexity index is 1110. The van der Waals surface area contributed by atoms with Crippen molar-refractivity contribution in [1.82, 2.24) is 0 Å². The fourth-order valence-electron chi connectivity index (χ4n) is 2.49. The number of hydrogen-bond donors (Lipinski definition) is 0. The van der Waals surface area contributed by atoms with Gasteiger partial charge in [-0.15, -0.1) is 0 Å². The molecule has 0 spiro atoms. The summed E-state index contributed by atoms with van der Waals surface area (Å²) in [4.78, 5) is 4.44. The van der Waals surface area contributed by atoms with Gasteiger partial charge in [-0.3, -0.25) is 4.99 Å². The second kappa shape index (κ2) is 9.11. The predicted octanol–water partition coefficient (Wildman–Crippen LogP) is 5.57. The van der Waals surface area contributed by atoms with Gasteiger partial charge in [-0.05, 0) is 74.0 Å². The van der Waals surface area contributed by atoms with Gasteiger partial charge in [0, 0.05) is 11.2 Å². The number of halogens is 1. The molecule has 0 saturated carbocycles. The molecule has 5 nitrogen and oxygen atoms in total. The maximum Gasteiger partial charge on any atom is 0.339 e. The van der Waals surface area contributed by atoms with E-state index >= 15 is 0 Å². The summed E-state index contributed by atoms with van der Waals surface area (Å²) in [5.41, 5.74) is 2.73. The van der Waals surface area contributed by atoms with Gasteiger partial charge < -0.3 is 8.92 Å². The molecule has 29 heavy (non-hydrogen) atoms. The van der Waals surface area contributed by atoms with Gasteiger partial charge in [-0.1, -0.05) is 29.3 Å². The van der Waals surface area contributed by atoms with Crippen LogP contribution >= 0.6 is 11.6 Å². The van der Waals surface area contributed by atoms with Gasteiger partial charge in [0.1, 0.15) is 4.90 Å². The lowest BCUT2D eigenvalue weighted by atomic mass is 10.2. The van der Waals surface area contributed by atoms with Crippen molar-refractivity contribution in [2.75, 3.05) is 6.61 Å². The number of nitrogens with zero attached hydrogens (tertiary/aromatic N) is 1. The Kier molecular flexibility index (Phi) is 6.56. The first kappa shape index (κ1) is 20.9. The van der Waals surface area contributed by atoms with Crippen LogP contribution in [0.4, 0.5) is 5.69 Å². The zero-order valence-electron chi connectivity index (χ0n) is 16.0. The third kappa shape index (κ3) is 5.59. The average Bonchev–Trinajstić information content (AvgIpc) is 2.70. The van der Waals surface area contributed by atoms with Crippen LogP contribution in [0.2, 0.25) is 5.02 Å². The van der Waals surface area contributed by atoms with E-state index in [-0.39, 0.29) is 10.6 Å². The monoisotopic (exact) mass is 429 g/mol. The molecule has 0 bridgehead atoms. The van der Waals surface area contributed by atoms with Crippen molar-refractivity contribution in [1.29, 1.82) is 0 Å². The second-order valence-electron chi connectivity index (χ2n) is 6.22. The highest BCUT2D eigenvalue weighted by atomic mass is 35.5. The van der Waals surface area contributed by atoms with E-state index in [2.05, 4.69) is 4.99 Å². The maximum absolute atomic E-state index is 12.5. The molecule has 0 aliphatic heterocycles. The van der Waals surface area contributed by atoms with E-state index in [9.17, 15) is 8.42 Å². The summed E-state index contributed by atoms with van der Waals surface area (Å²) in [5.74, 6) is 0.423. The van der Waals surface area contributed by atoms with Crippen molar-refractivity contribution in [2.45, 2.75) is 18.7 Å². The smallest absolute Gasteiger partial charge is 0.339 e. The van der Waals surface area contributed by atoms with Crippen molar-refractivity contribution >= 4 is 33.6 Å². The van der Waals surface area contributed by atoms with Crippen molar-refractivity contribution in [2.24, 2.45) is 4.99 Å². The van der Waals surface area contributed by atoms with Crippen molar-refractivity contribution in [3.8, 4) is 11.5 Å². The highest BCUT2D eigenvalue weighted by Gasteiger charge is 2.19. The molecule has 150 valence electrons. The van der Waals surface area contributed by atoms with Crippen LogP contribution in [0, 0.1) is 6.92 Å². The molecule has 0 fully saturated rings. The first-order chi connectivity index (χ1) is 13.9. The van der Waals surface area contributed by atoms with Crippen LogP contribution < -0.4 is 8.92 Å². The van der Waals surface area contributed by atoms with Gasteiger partial charge in [0.2, 0.25) is 0 Å². The second-order valence-corrected chi connectivity index (χ2v) is 8.21. The Hall–Kier alpha value is -2.83. The number of hydrogen-bond acceptors (Lipinski definition) is 5.